The fraction of sp³-hybridized carbons (Fsp3) is 0.360. The number of amides is 1. The van der Waals surface area contributed by atoms with Crippen molar-refractivity contribution in [1.29, 1.82) is 0 Å². The first-order chi connectivity index (χ1) is 15.0. The molecule has 1 amide bonds. The van der Waals surface area contributed by atoms with Crippen molar-refractivity contribution in [2.75, 3.05) is 32.6 Å². The minimum absolute atomic E-state index is 0.00983. The van der Waals surface area contributed by atoms with Crippen LogP contribution in [0.3, 0.4) is 0 Å². The lowest BCUT2D eigenvalue weighted by Crippen LogP contribution is -2.39. The van der Waals surface area contributed by atoms with E-state index in [-0.39, 0.29) is 5.91 Å². The van der Waals surface area contributed by atoms with E-state index < -0.39 is 0 Å². The van der Waals surface area contributed by atoms with E-state index in [4.69, 9.17) is 14.5 Å². The second-order valence-electron chi connectivity index (χ2n) is 8.27. The second-order valence-corrected chi connectivity index (χ2v) is 8.27. The Morgan fingerprint density at radius 3 is 2.65 bits per heavy atom. The van der Waals surface area contributed by atoms with Crippen molar-refractivity contribution in [3.05, 3.63) is 53.7 Å². The molecule has 6 nitrogen and oxygen atoms in total. The van der Waals surface area contributed by atoms with Gasteiger partial charge in [0, 0.05) is 30.2 Å². The Kier molecular flexibility index (Phi) is 5.98. The highest BCUT2D eigenvalue weighted by Gasteiger charge is 2.24. The predicted molar refractivity (Wildman–Crippen MR) is 124 cm³/mol. The zero-order valence-electron chi connectivity index (χ0n) is 18.6. The van der Waals surface area contributed by atoms with Gasteiger partial charge in [0.2, 0.25) is 0 Å². The normalized spacial score (nSPS) is 16.3. The molecular weight excluding hydrogens is 390 g/mol. The quantitative estimate of drug-likeness (QED) is 0.618. The second kappa shape index (κ2) is 8.84. The third-order valence-electron chi connectivity index (χ3n) is 5.79. The summed E-state index contributed by atoms with van der Waals surface area (Å²) in [6.45, 7) is 5.81. The molecule has 0 aliphatic carbocycles. The van der Waals surface area contributed by atoms with Crippen LogP contribution in [0.1, 0.15) is 35.8 Å². The molecule has 2 aromatic carbocycles. The van der Waals surface area contributed by atoms with E-state index in [2.05, 4.69) is 18.3 Å². The lowest BCUT2D eigenvalue weighted by molar-refractivity contribution is 0.0677. The molecule has 2 heterocycles. The van der Waals surface area contributed by atoms with Crippen LogP contribution in [-0.2, 0) is 0 Å². The SMILES string of the molecule is COc1ccc(Nc2cc(C(=O)N3CCC[C@H](C)C3)nc3ccc(C)cc23)cc1OC. The summed E-state index contributed by atoms with van der Waals surface area (Å²) in [7, 11) is 3.23. The van der Waals surface area contributed by atoms with Gasteiger partial charge < -0.3 is 19.7 Å². The Morgan fingerprint density at radius 2 is 1.90 bits per heavy atom. The van der Waals surface area contributed by atoms with Crippen LogP contribution in [0.4, 0.5) is 11.4 Å². The van der Waals surface area contributed by atoms with Gasteiger partial charge in [0.05, 0.1) is 25.4 Å². The zero-order valence-corrected chi connectivity index (χ0v) is 18.6. The maximum Gasteiger partial charge on any atom is 0.272 e. The smallest absolute Gasteiger partial charge is 0.272 e. The first-order valence-electron chi connectivity index (χ1n) is 10.7. The molecule has 1 atom stereocenters. The third kappa shape index (κ3) is 4.43. The standard InChI is InChI=1S/C25H29N3O3/c1-16-7-9-20-19(12-16)21(26-18-8-10-23(30-3)24(13-18)31-4)14-22(27-20)25(29)28-11-5-6-17(2)15-28/h7-10,12-14,17H,5-6,11,15H2,1-4H3,(H,26,27)/t17-/m0/s1. The molecule has 0 radical (unpaired) electrons. The summed E-state index contributed by atoms with van der Waals surface area (Å²) in [6.07, 6.45) is 2.21. The van der Waals surface area contributed by atoms with E-state index in [1.165, 1.54) is 6.42 Å². The number of carbonyl (C=O) groups excluding carboxylic acids is 1. The van der Waals surface area contributed by atoms with Gasteiger partial charge >= 0.3 is 0 Å². The number of ether oxygens (including phenoxy) is 2. The van der Waals surface area contributed by atoms with Gasteiger partial charge in [0.1, 0.15) is 5.69 Å². The molecule has 0 saturated carbocycles. The molecule has 1 saturated heterocycles. The molecule has 6 heteroatoms. The van der Waals surface area contributed by atoms with Crippen LogP contribution < -0.4 is 14.8 Å². The van der Waals surface area contributed by atoms with Gasteiger partial charge in [-0.1, -0.05) is 18.6 Å². The number of likely N-dealkylation sites (tertiary alicyclic amines) is 1. The van der Waals surface area contributed by atoms with Crippen LogP contribution in [0.5, 0.6) is 11.5 Å². The fourth-order valence-electron chi connectivity index (χ4n) is 4.16. The van der Waals surface area contributed by atoms with Crippen LogP contribution in [-0.4, -0.2) is 43.1 Å². The highest BCUT2D eigenvalue weighted by atomic mass is 16.5. The first kappa shape index (κ1) is 21.0. The number of hydrogen-bond acceptors (Lipinski definition) is 5. The van der Waals surface area contributed by atoms with E-state index in [1.54, 1.807) is 14.2 Å². The van der Waals surface area contributed by atoms with E-state index in [0.29, 0.717) is 23.1 Å². The van der Waals surface area contributed by atoms with E-state index in [0.717, 1.165) is 47.4 Å². The molecule has 1 aliphatic rings. The van der Waals surface area contributed by atoms with Crippen LogP contribution in [0.25, 0.3) is 10.9 Å². The zero-order chi connectivity index (χ0) is 22.0. The average molecular weight is 420 g/mol. The Morgan fingerprint density at radius 1 is 1.10 bits per heavy atom. The number of nitrogens with zero attached hydrogens (tertiary/aromatic N) is 2. The molecule has 162 valence electrons. The molecule has 1 aliphatic heterocycles. The topological polar surface area (TPSA) is 63.7 Å². The lowest BCUT2D eigenvalue weighted by atomic mass is 10.00. The molecule has 0 spiro atoms. The average Bonchev–Trinajstić information content (AvgIpc) is 2.78. The summed E-state index contributed by atoms with van der Waals surface area (Å²) in [5, 5.41) is 4.43. The predicted octanol–water partition coefficient (Wildman–Crippen LogP) is 5.18. The number of carbonyl (C=O) groups is 1. The fourth-order valence-corrected chi connectivity index (χ4v) is 4.16. The van der Waals surface area contributed by atoms with Gasteiger partial charge in [-0.25, -0.2) is 4.98 Å². The molecular formula is C25H29N3O3. The summed E-state index contributed by atoms with van der Waals surface area (Å²) in [5.74, 6) is 1.81. The number of piperidine rings is 1. The summed E-state index contributed by atoms with van der Waals surface area (Å²) in [6, 6.07) is 13.6. The molecule has 0 unspecified atom stereocenters. The number of nitrogens with one attached hydrogen (secondary N) is 1. The summed E-state index contributed by atoms with van der Waals surface area (Å²) < 4.78 is 10.8. The van der Waals surface area contributed by atoms with Crippen LogP contribution in [0, 0.1) is 12.8 Å². The molecule has 3 aromatic rings. The summed E-state index contributed by atoms with van der Waals surface area (Å²) in [5.41, 5.74) is 4.08. The van der Waals surface area contributed by atoms with E-state index >= 15 is 0 Å². The van der Waals surface area contributed by atoms with Crippen molar-refractivity contribution < 1.29 is 14.3 Å². The minimum atomic E-state index is -0.00983. The summed E-state index contributed by atoms with van der Waals surface area (Å²) >= 11 is 0. The molecule has 1 aromatic heterocycles. The maximum atomic E-state index is 13.2. The number of hydrogen-bond donors (Lipinski definition) is 1. The third-order valence-corrected chi connectivity index (χ3v) is 5.79. The van der Waals surface area contributed by atoms with Gasteiger partial charge in [-0.05, 0) is 56.0 Å². The van der Waals surface area contributed by atoms with Crippen LogP contribution in [0.15, 0.2) is 42.5 Å². The van der Waals surface area contributed by atoms with Crippen molar-refractivity contribution in [1.82, 2.24) is 9.88 Å². The van der Waals surface area contributed by atoms with Crippen molar-refractivity contribution in [2.45, 2.75) is 26.7 Å². The van der Waals surface area contributed by atoms with E-state index in [9.17, 15) is 4.79 Å². The molecule has 1 N–H and O–H groups in total. The Bertz CT molecular complexity index is 1110. The molecule has 1 fully saturated rings. The van der Waals surface area contributed by atoms with Crippen molar-refractivity contribution >= 4 is 28.2 Å². The van der Waals surface area contributed by atoms with Crippen LogP contribution >= 0.6 is 0 Å². The van der Waals surface area contributed by atoms with Crippen molar-refractivity contribution in [2.24, 2.45) is 5.92 Å². The first-order valence-corrected chi connectivity index (χ1v) is 10.7. The largest absolute Gasteiger partial charge is 0.493 e. The summed E-state index contributed by atoms with van der Waals surface area (Å²) in [4.78, 5) is 19.9. The van der Waals surface area contributed by atoms with Crippen molar-refractivity contribution in [3.63, 3.8) is 0 Å². The number of aromatic nitrogens is 1. The molecule has 0 bridgehead atoms. The van der Waals surface area contributed by atoms with Gasteiger partial charge in [-0.3, -0.25) is 4.79 Å². The number of aryl methyl sites for hydroxylation is 1. The number of anilines is 2. The number of pyridine rings is 1. The lowest BCUT2D eigenvalue weighted by Gasteiger charge is -2.30. The maximum absolute atomic E-state index is 13.2. The highest BCUT2D eigenvalue weighted by molar-refractivity contribution is 6.01. The number of rotatable bonds is 5. The minimum Gasteiger partial charge on any atom is -0.493 e. The van der Waals surface area contributed by atoms with Gasteiger partial charge in [0.25, 0.3) is 5.91 Å². The highest BCUT2D eigenvalue weighted by Crippen LogP contribution is 2.33. The van der Waals surface area contributed by atoms with Crippen molar-refractivity contribution in [3.8, 4) is 11.5 Å². The van der Waals surface area contributed by atoms with Gasteiger partial charge in [0.15, 0.2) is 11.5 Å². The monoisotopic (exact) mass is 419 g/mol. The molecule has 4 rings (SSSR count). The Balaban J connectivity index is 1.74. The number of methoxy groups -OCH3 is 2. The Hall–Kier alpha value is -3.28. The van der Waals surface area contributed by atoms with Gasteiger partial charge in [-0.2, -0.15) is 0 Å². The van der Waals surface area contributed by atoms with Gasteiger partial charge in [-0.15, -0.1) is 0 Å². The van der Waals surface area contributed by atoms with Crippen LogP contribution in [0.2, 0.25) is 0 Å². The number of benzene rings is 2. The number of fused-ring (bicyclic) bond motifs is 1. The van der Waals surface area contributed by atoms with E-state index in [1.807, 2.05) is 48.2 Å². The molecule has 31 heavy (non-hydrogen) atoms. The Labute approximate surface area is 183 Å².